The highest BCUT2D eigenvalue weighted by Gasteiger charge is 2.33. The monoisotopic (exact) mass is 600 g/mol. The molecule has 0 saturated carbocycles. The molecule has 3 N–H and O–H groups in total. The molecule has 3 aromatic carbocycles. The number of thiazole rings is 1. The molecule has 42 heavy (non-hydrogen) atoms. The van der Waals surface area contributed by atoms with Gasteiger partial charge in [0.25, 0.3) is 5.91 Å². The first-order valence-corrected chi connectivity index (χ1v) is 15.3. The third-order valence-electron chi connectivity index (χ3n) is 6.71. The molecular weight excluding hydrogens is 572 g/mol. The van der Waals surface area contributed by atoms with Gasteiger partial charge in [0.15, 0.2) is 10.6 Å². The van der Waals surface area contributed by atoms with E-state index in [0.717, 1.165) is 10.6 Å². The molecule has 0 radical (unpaired) electrons. The van der Waals surface area contributed by atoms with Crippen LogP contribution < -0.4 is 10.2 Å². The summed E-state index contributed by atoms with van der Waals surface area (Å²) in [6.07, 6.45) is 1.58. The summed E-state index contributed by atoms with van der Waals surface area (Å²) in [6.45, 7) is 4.06. The van der Waals surface area contributed by atoms with Gasteiger partial charge in [-0.15, -0.1) is 11.3 Å². The Balaban J connectivity index is 1.64. The number of para-hydroxylation sites is 1. The van der Waals surface area contributed by atoms with E-state index in [1.807, 2.05) is 50.2 Å². The number of pyridine rings is 1. The Bertz CT molecular complexity index is 1870. The summed E-state index contributed by atoms with van der Waals surface area (Å²) in [6, 6.07) is 22.1. The summed E-state index contributed by atoms with van der Waals surface area (Å²) in [5.74, 6) is -1.67. The molecule has 1 amide bonds. The van der Waals surface area contributed by atoms with E-state index in [4.69, 9.17) is 0 Å². The van der Waals surface area contributed by atoms with Crippen LogP contribution in [0.4, 0.5) is 11.4 Å². The number of hydrogen-bond acceptors (Lipinski definition) is 9. The third-order valence-corrected chi connectivity index (χ3v) is 9.44. The van der Waals surface area contributed by atoms with Crippen LogP contribution in [-0.2, 0) is 9.84 Å². The molecule has 2 aromatic heterocycles. The number of benzene rings is 3. The van der Waals surface area contributed by atoms with E-state index in [1.54, 1.807) is 48.5 Å². The van der Waals surface area contributed by atoms with Gasteiger partial charge >= 0.3 is 0 Å². The number of anilines is 2. The number of nitrogens with zero attached hydrogens (tertiary/aromatic N) is 3. The average molecular weight is 601 g/mol. The van der Waals surface area contributed by atoms with Gasteiger partial charge in [-0.3, -0.25) is 4.79 Å². The fraction of sp³-hybridized carbons (Fsp3) is 0.129. The minimum atomic E-state index is -4.43. The zero-order chi connectivity index (χ0) is 30.0. The smallest absolute Gasteiger partial charge is 0.251 e. The van der Waals surface area contributed by atoms with Crippen LogP contribution in [0.1, 0.15) is 22.3 Å². The van der Waals surface area contributed by atoms with Crippen molar-refractivity contribution in [3.8, 4) is 33.3 Å². The normalized spacial score (nSPS) is 11.3. The molecule has 0 unspecified atom stereocenters. The summed E-state index contributed by atoms with van der Waals surface area (Å²) in [4.78, 5) is 22.1. The van der Waals surface area contributed by atoms with Crippen molar-refractivity contribution in [2.75, 3.05) is 18.5 Å². The Labute approximate surface area is 247 Å². The lowest BCUT2D eigenvalue weighted by Crippen LogP contribution is -2.18. The number of aromatic hydroxyl groups is 2. The highest BCUT2D eigenvalue weighted by molar-refractivity contribution is 7.91. The van der Waals surface area contributed by atoms with Crippen molar-refractivity contribution in [1.82, 2.24) is 15.3 Å². The summed E-state index contributed by atoms with van der Waals surface area (Å²) in [5, 5.41) is 26.0. The van der Waals surface area contributed by atoms with Crippen molar-refractivity contribution in [3.05, 3.63) is 95.6 Å². The number of rotatable bonds is 8. The molecule has 214 valence electrons. The van der Waals surface area contributed by atoms with Crippen LogP contribution in [0, 0.1) is 6.92 Å². The van der Waals surface area contributed by atoms with Crippen LogP contribution >= 0.6 is 11.3 Å². The first-order chi connectivity index (χ1) is 20.1. The van der Waals surface area contributed by atoms with Crippen molar-refractivity contribution >= 4 is 38.5 Å². The zero-order valence-electron chi connectivity index (χ0n) is 23.1. The van der Waals surface area contributed by atoms with Gasteiger partial charge in [0, 0.05) is 31.0 Å². The second-order valence-electron chi connectivity index (χ2n) is 9.32. The first-order valence-electron chi connectivity index (χ1n) is 13.0. The lowest BCUT2D eigenvalue weighted by molar-refractivity contribution is 0.0963. The molecule has 0 saturated heterocycles. The first kappa shape index (κ1) is 28.8. The van der Waals surface area contributed by atoms with Gasteiger partial charge in [-0.25, -0.2) is 18.4 Å². The number of hydrogen-bond donors (Lipinski definition) is 3. The van der Waals surface area contributed by atoms with E-state index in [1.165, 1.54) is 23.5 Å². The fourth-order valence-corrected chi connectivity index (χ4v) is 6.82. The standard InChI is InChI=1S/C31H28N4O5S2/c1-4-35(23-11-6-5-7-12-23)27-26(25-18-33-19(2)41-25)34-31(38)29(28(27)36)42(39,40)24-15-13-20(14-16-24)21-9-8-10-22(17-21)30(37)32-3/h5-18H,4H2,1-3H3,(H,32,37)(H2,34,36,38). The Hall–Kier alpha value is -4.74. The van der Waals surface area contributed by atoms with E-state index in [2.05, 4.69) is 15.3 Å². The second-order valence-corrected chi connectivity index (χ2v) is 12.4. The van der Waals surface area contributed by atoms with Crippen molar-refractivity contribution < 1.29 is 23.4 Å². The number of sulfone groups is 1. The molecule has 11 heteroatoms. The number of carbonyl (C=O) groups is 1. The van der Waals surface area contributed by atoms with Gasteiger partial charge < -0.3 is 20.4 Å². The maximum Gasteiger partial charge on any atom is 0.251 e. The van der Waals surface area contributed by atoms with Crippen molar-refractivity contribution in [1.29, 1.82) is 0 Å². The number of aryl methyl sites for hydroxylation is 1. The van der Waals surface area contributed by atoms with Crippen LogP contribution in [-0.4, -0.2) is 48.1 Å². The molecule has 0 aliphatic rings. The van der Waals surface area contributed by atoms with Gasteiger partial charge in [-0.2, -0.15) is 0 Å². The summed E-state index contributed by atoms with van der Waals surface area (Å²) < 4.78 is 27.8. The zero-order valence-corrected chi connectivity index (χ0v) is 24.7. The molecule has 5 aromatic rings. The summed E-state index contributed by atoms with van der Waals surface area (Å²) in [7, 11) is -2.88. The van der Waals surface area contributed by atoms with Crippen LogP contribution in [0.2, 0.25) is 0 Å². The Morgan fingerprint density at radius 3 is 2.31 bits per heavy atom. The highest BCUT2D eigenvalue weighted by Crippen LogP contribution is 2.49. The van der Waals surface area contributed by atoms with Crippen molar-refractivity contribution in [2.24, 2.45) is 0 Å². The lowest BCUT2D eigenvalue weighted by atomic mass is 10.0. The molecule has 5 rings (SSSR count). The molecule has 0 aliphatic carbocycles. The molecular formula is C31H28N4O5S2. The Morgan fingerprint density at radius 1 is 0.976 bits per heavy atom. The van der Waals surface area contributed by atoms with Gasteiger partial charge in [0.2, 0.25) is 15.7 Å². The van der Waals surface area contributed by atoms with E-state index in [0.29, 0.717) is 28.2 Å². The predicted molar refractivity (Wildman–Crippen MR) is 163 cm³/mol. The van der Waals surface area contributed by atoms with E-state index in [-0.39, 0.29) is 22.2 Å². The van der Waals surface area contributed by atoms with Gasteiger partial charge in [0.05, 0.1) is 14.8 Å². The second kappa shape index (κ2) is 11.6. The van der Waals surface area contributed by atoms with Crippen molar-refractivity contribution in [3.63, 3.8) is 0 Å². The molecule has 0 atom stereocenters. The number of carbonyl (C=O) groups excluding carboxylic acids is 1. The SMILES string of the molecule is CCN(c1ccccc1)c1c(-c2cnc(C)s2)nc(O)c(S(=O)(=O)c2ccc(-c3cccc(C(=O)NC)c3)cc2)c1O. The van der Waals surface area contributed by atoms with Gasteiger partial charge in [-0.05, 0) is 61.4 Å². The van der Waals surface area contributed by atoms with Crippen LogP contribution in [0.15, 0.2) is 94.9 Å². The number of amides is 1. The summed E-state index contributed by atoms with van der Waals surface area (Å²) >= 11 is 1.31. The molecule has 0 bridgehead atoms. The maximum absolute atomic E-state index is 13.9. The van der Waals surface area contributed by atoms with Crippen LogP contribution in [0.5, 0.6) is 11.6 Å². The van der Waals surface area contributed by atoms with E-state index < -0.39 is 26.4 Å². The van der Waals surface area contributed by atoms with Crippen LogP contribution in [0.3, 0.4) is 0 Å². The van der Waals surface area contributed by atoms with Crippen molar-refractivity contribution in [2.45, 2.75) is 23.6 Å². The highest BCUT2D eigenvalue weighted by atomic mass is 32.2. The Kier molecular flexibility index (Phi) is 7.97. The molecule has 0 fully saturated rings. The summed E-state index contributed by atoms with van der Waals surface area (Å²) in [5.41, 5.74) is 2.94. The maximum atomic E-state index is 13.9. The van der Waals surface area contributed by atoms with E-state index >= 15 is 0 Å². The number of aromatic nitrogens is 2. The molecule has 0 aliphatic heterocycles. The van der Waals surface area contributed by atoms with Gasteiger partial charge in [-0.1, -0.05) is 42.5 Å². The quantitative estimate of drug-likeness (QED) is 0.199. The molecule has 9 nitrogen and oxygen atoms in total. The minimum Gasteiger partial charge on any atom is -0.504 e. The molecule has 2 heterocycles. The van der Waals surface area contributed by atoms with Crippen LogP contribution in [0.25, 0.3) is 21.7 Å². The lowest BCUT2D eigenvalue weighted by Gasteiger charge is -2.27. The topological polar surface area (TPSA) is 133 Å². The minimum absolute atomic E-state index is 0.142. The van der Waals surface area contributed by atoms with Gasteiger partial charge in [0.1, 0.15) is 11.4 Å². The predicted octanol–water partition coefficient (Wildman–Crippen LogP) is 5.94. The fourth-order valence-electron chi connectivity index (χ4n) is 4.69. The number of nitrogens with one attached hydrogen (secondary N) is 1. The largest absolute Gasteiger partial charge is 0.504 e. The molecule has 0 spiro atoms. The third kappa shape index (κ3) is 5.31. The Morgan fingerprint density at radius 2 is 1.69 bits per heavy atom. The van der Waals surface area contributed by atoms with E-state index in [9.17, 15) is 23.4 Å². The average Bonchev–Trinajstić information content (AvgIpc) is 3.44.